The Labute approximate surface area is 105 Å². The van der Waals surface area contributed by atoms with Crippen LogP contribution in [0.25, 0.3) is 0 Å². The Bertz CT molecular complexity index is 280. The molecule has 0 aliphatic carbocycles. The number of hydrogen-bond acceptors (Lipinski definition) is 5. The second-order valence-electron chi connectivity index (χ2n) is 4.05. The second kappa shape index (κ2) is 8.85. The molecule has 2 unspecified atom stereocenters. The molecule has 0 fully saturated rings. The smallest absolute Gasteiger partial charge is 0.150 e. The predicted molar refractivity (Wildman–Crippen MR) is 70.4 cm³/mol. The van der Waals surface area contributed by atoms with Crippen LogP contribution in [0, 0.1) is 0 Å². The molecule has 0 saturated carbocycles. The lowest BCUT2D eigenvalue weighted by Crippen LogP contribution is -2.45. The molecule has 0 radical (unpaired) electrons. The van der Waals surface area contributed by atoms with Gasteiger partial charge >= 0.3 is 0 Å². The molecule has 0 aromatic rings. The van der Waals surface area contributed by atoms with Crippen LogP contribution in [-0.4, -0.2) is 38.7 Å². The first kappa shape index (κ1) is 16.8. The van der Waals surface area contributed by atoms with E-state index in [4.69, 9.17) is 10.6 Å². The lowest BCUT2D eigenvalue weighted by molar-refractivity contribution is 0.0295. The van der Waals surface area contributed by atoms with Crippen molar-refractivity contribution in [3.8, 4) is 0 Å². The first-order valence-corrected chi connectivity index (χ1v) is 8.10. The number of sulfone groups is 1. The quantitative estimate of drug-likeness (QED) is 0.452. The van der Waals surface area contributed by atoms with Crippen molar-refractivity contribution in [3.63, 3.8) is 0 Å². The van der Waals surface area contributed by atoms with Crippen molar-refractivity contribution >= 4 is 9.84 Å². The molecule has 0 aromatic heterocycles. The van der Waals surface area contributed by atoms with Crippen LogP contribution in [0.4, 0.5) is 0 Å². The lowest BCUT2D eigenvalue weighted by atomic mass is 10.0. The maximum Gasteiger partial charge on any atom is 0.150 e. The van der Waals surface area contributed by atoms with Crippen molar-refractivity contribution in [1.82, 2.24) is 5.43 Å². The van der Waals surface area contributed by atoms with Crippen molar-refractivity contribution in [2.45, 2.75) is 52.2 Å². The zero-order valence-corrected chi connectivity index (χ0v) is 11.9. The van der Waals surface area contributed by atoms with Crippen molar-refractivity contribution < 1.29 is 13.2 Å². The predicted octanol–water partition coefficient (Wildman–Crippen LogP) is 0.848. The van der Waals surface area contributed by atoms with E-state index < -0.39 is 9.84 Å². The summed E-state index contributed by atoms with van der Waals surface area (Å²) in [5, 5.41) is 0. The third kappa shape index (κ3) is 6.98. The highest BCUT2D eigenvalue weighted by Crippen LogP contribution is 2.10. The molecule has 0 bridgehead atoms. The minimum absolute atomic E-state index is 0.0204. The zero-order chi connectivity index (χ0) is 13.3. The second-order valence-corrected chi connectivity index (χ2v) is 6.53. The summed E-state index contributed by atoms with van der Waals surface area (Å²) in [6.07, 6.45) is 2.25. The van der Waals surface area contributed by atoms with Gasteiger partial charge in [0, 0.05) is 18.4 Å². The van der Waals surface area contributed by atoms with Gasteiger partial charge in [-0.25, -0.2) is 8.42 Å². The SMILES string of the molecule is CCOC(CC)C(CCCS(=O)(=O)CC)NN. The molecule has 0 spiro atoms. The van der Waals surface area contributed by atoms with Crippen molar-refractivity contribution in [1.29, 1.82) is 0 Å². The monoisotopic (exact) mass is 266 g/mol. The first-order valence-electron chi connectivity index (χ1n) is 6.28. The Morgan fingerprint density at radius 2 is 1.94 bits per heavy atom. The number of rotatable bonds is 10. The van der Waals surface area contributed by atoms with Gasteiger partial charge in [-0.1, -0.05) is 13.8 Å². The van der Waals surface area contributed by atoms with Gasteiger partial charge in [-0.05, 0) is 26.2 Å². The van der Waals surface area contributed by atoms with Gasteiger partial charge in [0.15, 0.2) is 0 Å². The summed E-state index contributed by atoms with van der Waals surface area (Å²) in [6.45, 7) is 6.29. The largest absolute Gasteiger partial charge is 0.377 e. The zero-order valence-electron chi connectivity index (χ0n) is 11.1. The fourth-order valence-corrected chi connectivity index (χ4v) is 2.67. The van der Waals surface area contributed by atoms with E-state index >= 15 is 0 Å². The van der Waals surface area contributed by atoms with Gasteiger partial charge in [-0.3, -0.25) is 11.3 Å². The Hall–Kier alpha value is -0.170. The summed E-state index contributed by atoms with van der Waals surface area (Å²) >= 11 is 0. The summed E-state index contributed by atoms with van der Waals surface area (Å²) in [6, 6.07) is 0.0204. The Morgan fingerprint density at radius 1 is 1.29 bits per heavy atom. The van der Waals surface area contributed by atoms with E-state index in [1.54, 1.807) is 6.92 Å². The van der Waals surface area contributed by atoms with Crippen LogP contribution in [0.2, 0.25) is 0 Å². The number of nitrogens with one attached hydrogen (secondary N) is 1. The molecule has 0 heterocycles. The van der Waals surface area contributed by atoms with E-state index in [0.717, 1.165) is 6.42 Å². The van der Waals surface area contributed by atoms with E-state index in [-0.39, 0.29) is 23.7 Å². The normalized spacial score (nSPS) is 15.8. The fourth-order valence-electron chi connectivity index (χ4n) is 1.78. The molecule has 0 saturated heterocycles. The third-order valence-corrected chi connectivity index (χ3v) is 4.65. The summed E-state index contributed by atoms with van der Waals surface area (Å²) in [5.41, 5.74) is 2.72. The third-order valence-electron chi connectivity index (χ3n) is 2.86. The molecule has 0 aliphatic rings. The van der Waals surface area contributed by atoms with Crippen molar-refractivity contribution in [2.24, 2.45) is 5.84 Å². The Balaban J connectivity index is 4.13. The molecular weight excluding hydrogens is 240 g/mol. The summed E-state index contributed by atoms with van der Waals surface area (Å²) < 4.78 is 28.3. The summed E-state index contributed by atoms with van der Waals surface area (Å²) in [4.78, 5) is 0. The molecule has 104 valence electrons. The molecule has 17 heavy (non-hydrogen) atoms. The number of hydrogen-bond donors (Lipinski definition) is 2. The van der Waals surface area contributed by atoms with Gasteiger partial charge in [0.2, 0.25) is 0 Å². The number of nitrogens with two attached hydrogens (primary N) is 1. The van der Waals surface area contributed by atoms with E-state index in [2.05, 4.69) is 5.43 Å². The maximum atomic E-state index is 11.4. The van der Waals surface area contributed by atoms with Crippen molar-refractivity contribution in [3.05, 3.63) is 0 Å². The Kier molecular flexibility index (Phi) is 8.77. The van der Waals surface area contributed by atoms with Crippen LogP contribution in [0.1, 0.15) is 40.0 Å². The highest BCUT2D eigenvalue weighted by atomic mass is 32.2. The number of ether oxygens (including phenoxy) is 1. The summed E-state index contributed by atoms with van der Waals surface area (Å²) in [5.74, 6) is 5.91. The van der Waals surface area contributed by atoms with E-state index in [9.17, 15) is 8.42 Å². The van der Waals surface area contributed by atoms with Crippen LogP contribution in [0.3, 0.4) is 0 Å². The van der Waals surface area contributed by atoms with Crippen LogP contribution >= 0.6 is 0 Å². The number of hydrazine groups is 1. The van der Waals surface area contributed by atoms with E-state index in [1.165, 1.54) is 0 Å². The van der Waals surface area contributed by atoms with Gasteiger partial charge in [0.25, 0.3) is 0 Å². The molecule has 2 atom stereocenters. The van der Waals surface area contributed by atoms with Crippen LogP contribution in [0.5, 0.6) is 0 Å². The van der Waals surface area contributed by atoms with Gasteiger partial charge in [-0.2, -0.15) is 0 Å². The Morgan fingerprint density at radius 3 is 2.35 bits per heavy atom. The minimum Gasteiger partial charge on any atom is -0.377 e. The molecule has 0 amide bonds. The summed E-state index contributed by atoms with van der Waals surface area (Å²) in [7, 11) is -2.88. The standard InChI is InChI=1S/C11H26N2O3S/c1-4-11(16-5-2)10(13-12)8-7-9-17(14,15)6-3/h10-11,13H,4-9,12H2,1-3H3. The molecule has 0 aromatic carbocycles. The minimum atomic E-state index is -2.88. The first-order chi connectivity index (χ1) is 8.00. The molecule has 3 N–H and O–H groups in total. The molecule has 0 rings (SSSR count). The van der Waals surface area contributed by atoms with Gasteiger partial charge in [0.1, 0.15) is 9.84 Å². The highest BCUT2D eigenvalue weighted by molar-refractivity contribution is 7.91. The van der Waals surface area contributed by atoms with E-state index in [0.29, 0.717) is 19.4 Å². The van der Waals surface area contributed by atoms with E-state index in [1.807, 2.05) is 13.8 Å². The maximum absolute atomic E-state index is 11.4. The molecule has 0 aliphatic heterocycles. The van der Waals surface area contributed by atoms with Crippen LogP contribution in [0.15, 0.2) is 0 Å². The van der Waals surface area contributed by atoms with Crippen LogP contribution in [-0.2, 0) is 14.6 Å². The molecular formula is C11H26N2O3S. The molecule has 5 nitrogen and oxygen atoms in total. The fraction of sp³-hybridized carbons (Fsp3) is 1.00. The molecule has 6 heteroatoms. The van der Waals surface area contributed by atoms with Crippen molar-refractivity contribution in [2.75, 3.05) is 18.1 Å². The van der Waals surface area contributed by atoms with Gasteiger partial charge < -0.3 is 4.74 Å². The highest BCUT2D eigenvalue weighted by Gasteiger charge is 2.19. The topological polar surface area (TPSA) is 81.4 Å². The average molecular weight is 266 g/mol. The van der Waals surface area contributed by atoms with Crippen LogP contribution < -0.4 is 11.3 Å². The lowest BCUT2D eigenvalue weighted by Gasteiger charge is -2.25. The average Bonchev–Trinajstić information content (AvgIpc) is 2.32. The van der Waals surface area contributed by atoms with Gasteiger partial charge in [0.05, 0.1) is 11.9 Å². The van der Waals surface area contributed by atoms with Gasteiger partial charge in [-0.15, -0.1) is 0 Å².